The molecule has 0 unspecified atom stereocenters. The minimum absolute atomic E-state index is 0.0179. The van der Waals surface area contributed by atoms with Gasteiger partial charge in [-0.1, -0.05) is 12.8 Å². The van der Waals surface area contributed by atoms with Gasteiger partial charge in [0.15, 0.2) is 0 Å². The molecule has 7 nitrogen and oxygen atoms in total. The van der Waals surface area contributed by atoms with Crippen LogP contribution in [0.1, 0.15) is 55.8 Å². The van der Waals surface area contributed by atoms with Crippen molar-refractivity contribution in [3.63, 3.8) is 0 Å². The van der Waals surface area contributed by atoms with E-state index in [2.05, 4.69) is 28.8 Å². The van der Waals surface area contributed by atoms with E-state index in [0.717, 1.165) is 32.4 Å². The van der Waals surface area contributed by atoms with Crippen molar-refractivity contribution < 1.29 is 14.7 Å². The maximum Gasteiger partial charge on any atom is 0.335 e. The van der Waals surface area contributed by atoms with Crippen molar-refractivity contribution in [3.05, 3.63) is 23.9 Å². The van der Waals surface area contributed by atoms with Gasteiger partial charge in [0.1, 0.15) is 11.9 Å². The van der Waals surface area contributed by atoms with Gasteiger partial charge >= 0.3 is 5.97 Å². The normalized spacial score (nSPS) is 23.3. The van der Waals surface area contributed by atoms with Crippen molar-refractivity contribution in [1.29, 1.82) is 5.26 Å². The molecule has 1 amide bonds. The van der Waals surface area contributed by atoms with Gasteiger partial charge in [-0.2, -0.15) is 5.26 Å². The number of rotatable bonds is 5. The zero-order valence-electron chi connectivity index (χ0n) is 16.7. The molecule has 2 aliphatic heterocycles. The summed E-state index contributed by atoms with van der Waals surface area (Å²) in [4.78, 5) is 31.9. The molecule has 3 heterocycles. The molecule has 29 heavy (non-hydrogen) atoms. The van der Waals surface area contributed by atoms with Gasteiger partial charge in [-0.25, -0.2) is 9.78 Å². The van der Waals surface area contributed by atoms with Crippen molar-refractivity contribution in [2.45, 2.75) is 57.5 Å². The molecule has 1 aromatic heterocycles. The molecule has 0 aliphatic carbocycles. The highest BCUT2D eigenvalue weighted by Gasteiger charge is 2.37. The Bertz CT molecular complexity index is 840. The van der Waals surface area contributed by atoms with Gasteiger partial charge in [0.2, 0.25) is 5.91 Å². The predicted octanol–water partition coefficient (Wildman–Crippen LogP) is 2.68. The van der Waals surface area contributed by atoms with E-state index in [1.54, 1.807) is 11.0 Å². The van der Waals surface area contributed by atoms with Gasteiger partial charge in [0.05, 0.1) is 17.7 Å². The number of anilines is 1. The second-order valence-corrected chi connectivity index (χ2v) is 8.21. The number of aromatic nitrogens is 1. The Morgan fingerprint density at radius 1 is 1.34 bits per heavy atom. The summed E-state index contributed by atoms with van der Waals surface area (Å²) in [6.07, 6.45) is 11.3. The topological polar surface area (TPSA) is 97.5 Å². The van der Waals surface area contributed by atoms with Crippen molar-refractivity contribution in [3.8, 4) is 18.4 Å². The first kappa shape index (κ1) is 20.7. The third kappa shape index (κ3) is 4.51. The van der Waals surface area contributed by atoms with E-state index in [9.17, 15) is 14.9 Å². The number of likely N-dealkylation sites (tertiary alicyclic amines) is 1. The first-order chi connectivity index (χ1) is 13.9. The van der Waals surface area contributed by atoms with Gasteiger partial charge in [0, 0.05) is 25.7 Å². The molecular formula is C22H26N4O3. The lowest BCUT2D eigenvalue weighted by Gasteiger charge is -2.40. The van der Waals surface area contributed by atoms with Crippen LogP contribution in [0.25, 0.3) is 0 Å². The number of aromatic carboxylic acids is 1. The fourth-order valence-electron chi connectivity index (χ4n) is 4.24. The maximum absolute atomic E-state index is 12.8. The number of nitrogens with zero attached hydrogens (tertiary/aromatic N) is 4. The smallest absolute Gasteiger partial charge is 0.335 e. The molecule has 0 radical (unpaired) electrons. The Hall–Kier alpha value is -3.06. The number of terminal acetylenes is 1. The molecule has 0 spiro atoms. The first-order valence-corrected chi connectivity index (χ1v) is 9.98. The number of carboxylic acids is 1. The van der Waals surface area contributed by atoms with Crippen LogP contribution in [0.3, 0.4) is 0 Å². The van der Waals surface area contributed by atoms with Crippen LogP contribution in [-0.2, 0) is 4.79 Å². The molecule has 2 fully saturated rings. The minimum atomic E-state index is -0.961. The number of hydrogen-bond donors (Lipinski definition) is 1. The summed E-state index contributed by atoms with van der Waals surface area (Å²) in [5.74, 6) is 2.32. The van der Waals surface area contributed by atoms with Crippen LogP contribution < -0.4 is 4.90 Å². The third-order valence-corrected chi connectivity index (χ3v) is 6.24. The summed E-state index contributed by atoms with van der Waals surface area (Å²) in [5, 5.41) is 18.5. The van der Waals surface area contributed by atoms with E-state index in [1.807, 2.05) is 0 Å². The minimum Gasteiger partial charge on any atom is -0.478 e. The van der Waals surface area contributed by atoms with Crippen LogP contribution in [0.4, 0.5) is 5.82 Å². The number of carbonyl (C=O) groups excluding carboxylic acids is 1. The lowest BCUT2D eigenvalue weighted by molar-refractivity contribution is -0.133. The molecule has 0 bridgehead atoms. The van der Waals surface area contributed by atoms with Crippen molar-refractivity contribution in [1.82, 2.24) is 9.88 Å². The van der Waals surface area contributed by atoms with E-state index < -0.39 is 12.0 Å². The summed E-state index contributed by atoms with van der Waals surface area (Å²) in [5.41, 5.74) is 0.249. The lowest BCUT2D eigenvalue weighted by atomic mass is 9.76. The number of hydrogen-bond acceptors (Lipinski definition) is 5. The molecule has 1 N–H and O–H groups in total. The second kappa shape index (κ2) is 8.53. The molecule has 0 aromatic carbocycles. The summed E-state index contributed by atoms with van der Waals surface area (Å²) in [7, 11) is 0. The van der Waals surface area contributed by atoms with Gasteiger partial charge in [-0.05, 0) is 49.7 Å². The zero-order chi connectivity index (χ0) is 21.0. The van der Waals surface area contributed by atoms with E-state index in [0.29, 0.717) is 25.1 Å². The fourth-order valence-corrected chi connectivity index (χ4v) is 4.24. The number of amides is 1. The Morgan fingerprint density at radius 2 is 2.03 bits per heavy atom. The molecule has 2 saturated heterocycles. The van der Waals surface area contributed by atoms with Crippen LogP contribution >= 0.6 is 0 Å². The number of nitriles is 1. The summed E-state index contributed by atoms with van der Waals surface area (Å²) in [6.45, 7) is 3.71. The van der Waals surface area contributed by atoms with Gasteiger partial charge < -0.3 is 14.9 Å². The first-order valence-electron chi connectivity index (χ1n) is 9.98. The van der Waals surface area contributed by atoms with E-state index in [4.69, 9.17) is 11.5 Å². The molecule has 2 atom stereocenters. The van der Waals surface area contributed by atoms with Gasteiger partial charge in [-0.3, -0.25) is 4.79 Å². The summed E-state index contributed by atoms with van der Waals surface area (Å²) < 4.78 is 0. The van der Waals surface area contributed by atoms with E-state index in [-0.39, 0.29) is 22.9 Å². The SMILES string of the molecule is C#C[C@H]1CC[C@@H](C#N)N1C(=O)CCC1(C)CCN(c2cc(C(=O)O)ccn2)CC1. The Balaban J connectivity index is 1.56. The maximum atomic E-state index is 12.8. The summed E-state index contributed by atoms with van der Waals surface area (Å²) >= 11 is 0. The lowest BCUT2D eigenvalue weighted by Crippen LogP contribution is -2.42. The number of pyridine rings is 1. The Labute approximate surface area is 171 Å². The molecule has 2 aliphatic rings. The van der Waals surface area contributed by atoms with E-state index in [1.165, 1.54) is 12.3 Å². The van der Waals surface area contributed by atoms with Gasteiger partial charge in [-0.15, -0.1) is 6.42 Å². The molecule has 7 heteroatoms. The quantitative estimate of drug-likeness (QED) is 0.771. The van der Waals surface area contributed by atoms with Crippen LogP contribution in [0, 0.1) is 29.1 Å². The van der Waals surface area contributed by atoms with Crippen LogP contribution in [-0.4, -0.2) is 52.0 Å². The highest BCUT2D eigenvalue weighted by atomic mass is 16.4. The van der Waals surface area contributed by atoms with Crippen LogP contribution in [0.5, 0.6) is 0 Å². The third-order valence-electron chi connectivity index (χ3n) is 6.24. The molecular weight excluding hydrogens is 368 g/mol. The molecule has 152 valence electrons. The van der Waals surface area contributed by atoms with Crippen molar-refractivity contribution in [2.24, 2.45) is 5.41 Å². The standard InChI is InChI=1S/C22H26N4O3/c1-3-17-4-5-18(15-23)26(17)20(27)6-8-22(2)9-12-25(13-10-22)19-14-16(21(28)29)7-11-24-19/h1,7,11,14,17-18H,4-6,8-10,12-13H2,2H3,(H,28,29)/t17-,18-/m0/s1. The van der Waals surface area contributed by atoms with Crippen molar-refractivity contribution in [2.75, 3.05) is 18.0 Å². The van der Waals surface area contributed by atoms with Crippen LogP contribution in [0.2, 0.25) is 0 Å². The van der Waals surface area contributed by atoms with E-state index >= 15 is 0 Å². The average molecular weight is 394 g/mol. The van der Waals surface area contributed by atoms with Gasteiger partial charge in [0.25, 0.3) is 0 Å². The molecule has 0 saturated carbocycles. The monoisotopic (exact) mass is 394 g/mol. The number of piperidine rings is 1. The fraction of sp³-hybridized carbons (Fsp3) is 0.545. The molecule has 1 aromatic rings. The predicted molar refractivity (Wildman–Crippen MR) is 108 cm³/mol. The number of carboxylic acid groups (broad SMARTS) is 1. The van der Waals surface area contributed by atoms with Crippen LogP contribution in [0.15, 0.2) is 18.3 Å². The summed E-state index contributed by atoms with van der Waals surface area (Å²) in [6, 6.07) is 4.61. The average Bonchev–Trinajstić information content (AvgIpc) is 3.16. The Morgan fingerprint density at radius 3 is 2.66 bits per heavy atom. The molecule has 3 rings (SSSR count). The second-order valence-electron chi connectivity index (χ2n) is 8.21. The Kier molecular flexibility index (Phi) is 6.08. The zero-order valence-corrected chi connectivity index (χ0v) is 16.7. The largest absolute Gasteiger partial charge is 0.478 e. The highest BCUT2D eigenvalue weighted by molar-refractivity contribution is 5.88. The van der Waals surface area contributed by atoms with Crippen molar-refractivity contribution >= 4 is 17.7 Å². The highest BCUT2D eigenvalue weighted by Crippen LogP contribution is 2.37. The number of carbonyl (C=O) groups is 2.